The molecule has 8 heteroatoms. The van der Waals surface area contributed by atoms with Crippen LogP contribution < -0.4 is 15.5 Å². The van der Waals surface area contributed by atoms with Gasteiger partial charge in [-0.15, -0.1) is 24.0 Å². The van der Waals surface area contributed by atoms with E-state index in [4.69, 9.17) is 4.74 Å². The van der Waals surface area contributed by atoms with Crippen molar-refractivity contribution in [3.8, 4) is 0 Å². The van der Waals surface area contributed by atoms with Gasteiger partial charge in [-0.3, -0.25) is 4.99 Å². The fourth-order valence-corrected chi connectivity index (χ4v) is 3.16. The monoisotopic (exact) mass is 522 g/mol. The lowest BCUT2D eigenvalue weighted by atomic mass is 10.0. The quantitative estimate of drug-likeness (QED) is 0.265. The molecule has 1 heterocycles. The van der Waals surface area contributed by atoms with Gasteiger partial charge in [0.2, 0.25) is 0 Å². The van der Waals surface area contributed by atoms with Crippen molar-refractivity contribution in [2.75, 3.05) is 44.3 Å². The highest BCUT2D eigenvalue weighted by molar-refractivity contribution is 14.0. The summed E-state index contributed by atoms with van der Waals surface area (Å²) in [5, 5.41) is 16.7. The summed E-state index contributed by atoms with van der Waals surface area (Å²) >= 11 is 0. The first kappa shape index (κ1) is 25.9. The Bertz CT molecular complexity index is 610. The molecule has 29 heavy (non-hydrogen) atoms. The molecular formula is C21H36FIN4O2. The van der Waals surface area contributed by atoms with E-state index < -0.39 is 6.10 Å². The molecule has 2 rings (SSSR count). The summed E-state index contributed by atoms with van der Waals surface area (Å²) in [4.78, 5) is 6.70. The number of guanidine groups is 1. The molecule has 1 aliphatic heterocycles. The highest BCUT2D eigenvalue weighted by Crippen LogP contribution is 2.20. The lowest BCUT2D eigenvalue weighted by molar-refractivity contribution is 0.0301. The van der Waals surface area contributed by atoms with E-state index >= 15 is 0 Å². The predicted octanol–water partition coefficient (Wildman–Crippen LogP) is 3.00. The Morgan fingerprint density at radius 2 is 2.03 bits per heavy atom. The molecule has 1 unspecified atom stereocenters. The van der Waals surface area contributed by atoms with Crippen LogP contribution in [0.3, 0.4) is 0 Å². The number of nitrogens with one attached hydrogen (secondary N) is 2. The normalized spacial score (nSPS) is 16.5. The first-order valence-electron chi connectivity index (χ1n) is 10.3. The van der Waals surface area contributed by atoms with E-state index in [0.29, 0.717) is 31.7 Å². The van der Waals surface area contributed by atoms with Crippen LogP contribution in [0.25, 0.3) is 0 Å². The highest BCUT2D eigenvalue weighted by Gasteiger charge is 2.20. The number of aliphatic hydroxyl groups is 1. The third kappa shape index (κ3) is 9.95. The van der Waals surface area contributed by atoms with Gasteiger partial charge in [0.15, 0.2) is 5.96 Å². The van der Waals surface area contributed by atoms with Gasteiger partial charge in [-0.05, 0) is 43.9 Å². The van der Waals surface area contributed by atoms with Crippen molar-refractivity contribution in [3.63, 3.8) is 0 Å². The van der Waals surface area contributed by atoms with Crippen molar-refractivity contribution in [1.82, 2.24) is 10.6 Å². The lowest BCUT2D eigenvalue weighted by Crippen LogP contribution is -2.49. The maximum atomic E-state index is 13.4. The predicted molar refractivity (Wildman–Crippen MR) is 128 cm³/mol. The molecule has 1 atom stereocenters. The second kappa shape index (κ2) is 14.0. The number of benzene rings is 1. The molecule has 3 N–H and O–H groups in total. The van der Waals surface area contributed by atoms with Gasteiger partial charge < -0.3 is 25.4 Å². The van der Waals surface area contributed by atoms with Crippen molar-refractivity contribution < 1.29 is 14.2 Å². The zero-order valence-electron chi connectivity index (χ0n) is 17.7. The van der Waals surface area contributed by atoms with Crippen molar-refractivity contribution in [1.29, 1.82) is 0 Å². The fraction of sp³-hybridized carbons (Fsp3) is 0.667. The van der Waals surface area contributed by atoms with Gasteiger partial charge in [0.05, 0.1) is 19.3 Å². The molecule has 1 saturated heterocycles. The van der Waals surface area contributed by atoms with Gasteiger partial charge in [-0.2, -0.15) is 0 Å². The van der Waals surface area contributed by atoms with Gasteiger partial charge in [-0.1, -0.05) is 19.9 Å². The van der Waals surface area contributed by atoms with Gasteiger partial charge in [0.1, 0.15) is 5.82 Å². The molecule has 6 nitrogen and oxygen atoms in total. The molecule has 0 aliphatic carbocycles. The Morgan fingerprint density at radius 1 is 1.31 bits per heavy atom. The van der Waals surface area contributed by atoms with Gasteiger partial charge >= 0.3 is 0 Å². The Hall–Kier alpha value is -1.13. The fourth-order valence-electron chi connectivity index (χ4n) is 3.16. The number of ether oxygens (including phenoxy) is 1. The standard InChI is InChI=1S/C21H35FN4O2.HI/c1-4-23-21(24-13-20(27)15-28-14-16(2)3)25-18-8-10-26(11-9-18)19-7-5-6-17(22)12-19;/h5-7,12,16,18,20,27H,4,8-11,13-15H2,1-3H3,(H2,23,24,25);1H. The van der Waals surface area contributed by atoms with Crippen LogP contribution in [0.1, 0.15) is 33.6 Å². The van der Waals surface area contributed by atoms with Crippen LogP contribution in [0.4, 0.5) is 10.1 Å². The van der Waals surface area contributed by atoms with Gasteiger partial charge in [-0.25, -0.2) is 4.39 Å². The zero-order valence-corrected chi connectivity index (χ0v) is 20.1. The van der Waals surface area contributed by atoms with Crippen molar-refractivity contribution in [3.05, 3.63) is 30.1 Å². The van der Waals surface area contributed by atoms with Gasteiger partial charge in [0, 0.05) is 38.0 Å². The van der Waals surface area contributed by atoms with Crippen LogP contribution in [-0.2, 0) is 4.74 Å². The van der Waals surface area contributed by atoms with Crippen molar-refractivity contribution >= 4 is 35.6 Å². The van der Waals surface area contributed by atoms with E-state index in [-0.39, 0.29) is 29.8 Å². The number of anilines is 1. The van der Waals surface area contributed by atoms with Gasteiger partial charge in [0.25, 0.3) is 0 Å². The number of hydrogen-bond donors (Lipinski definition) is 3. The maximum Gasteiger partial charge on any atom is 0.191 e. The molecule has 1 aromatic carbocycles. The molecule has 0 spiro atoms. The summed E-state index contributed by atoms with van der Waals surface area (Å²) in [5.74, 6) is 0.970. The Kier molecular flexibility index (Phi) is 12.5. The van der Waals surface area contributed by atoms with E-state index in [1.165, 1.54) is 6.07 Å². The van der Waals surface area contributed by atoms with E-state index in [9.17, 15) is 9.50 Å². The molecule has 1 aromatic rings. The summed E-state index contributed by atoms with van der Waals surface area (Å²) in [5.41, 5.74) is 0.934. The first-order chi connectivity index (χ1) is 13.5. The first-order valence-corrected chi connectivity index (χ1v) is 10.3. The molecule has 166 valence electrons. The third-order valence-corrected chi connectivity index (χ3v) is 4.57. The van der Waals surface area contributed by atoms with Crippen LogP contribution in [0.15, 0.2) is 29.3 Å². The smallest absolute Gasteiger partial charge is 0.191 e. The van der Waals surface area contributed by atoms with Crippen LogP contribution in [0.5, 0.6) is 0 Å². The molecule has 1 fully saturated rings. The second-order valence-electron chi connectivity index (χ2n) is 7.69. The Balaban J connectivity index is 0.00000420. The maximum absolute atomic E-state index is 13.4. The molecule has 0 amide bonds. The molecule has 0 saturated carbocycles. The average Bonchev–Trinajstić information content (AvgIpc) is 2.66. The zero-order chi connectivity index (χ0) is 20.4. The summed E-state index contributed by atoms with van der Waals surface area (Å²) < 4.78 is 18.9. The minimum absolute atomic E-state index is 0. The minimum atomic E-state index is -0.607. The van der Waals surface area contributed by atoms with E-state index in [1.807, 2.05) is 13.0 Å². The van der Waals surface area contributed by atoms with Crippen LogP contribution >= 0.6 is 24.0 Å². The largest absolute Gasteiger partial charge is 0.389 e. The molecule has 1 aliphatic rings. The molecule has 0 radical (unpaired) electrons. The third-order valence-electron chi connectivity index (χ3n) is 4.57. The number of aliphatic imine (C=N–C) groups is 1. The summed E-state index contributed by atoms with van der Waals surface area (Å²) in [7, 11) is 0. The molecular weight excluding hydrogens is 486 g/mol. The minimum Gasteiger partial charge on any atom is -0.389 e. The number of nitrogens with zero attached hydrogens (tertiary/aromatic N) is 2. The Morgan fingerprint density at radius 3 is 2.66 bits per heavy atom. The Labute approximate surface area is 191 Å². The highest BCUT2D eigenvalue weighted by atomic mass is 127. The number of hydrogen-bond acceptors (Lipinski definition) is 4. The van der Waals surface area contributed by atoms with E-state index in [0.717, 1.165) is 44.1 Å². The van der Waals surface area contributed by atoms with E-state index in [2.05, 4.69) is 34.4 Å². The van der Waals surface area contributed by atoms with Crippen molar-refractivity contribution in [2.24, 2.45) is 10.9 Å². The van der Waals surface area contributed by atoms with Crippen LogP contribution in [0, 0.1) is 11.7 Å². The van der Waals surface area contributed by atoms with Crippen molar-refractivity contribution in [2.45, 2.75) is 45.8 Å². The summed E-state index contributed by atoms with van der Waals surface area (Å²) in [6, 6.07) is 7.06. The second-order valence-corrected chi connectivity index (χ2v) is 7.69. The SMILES string of the molecule is CCNC(=NCC(O)COCC(C)C)NC1CCN(c2cccc(F)c2)CC1.I. The molecule has 0 bridgehead atoms. The number of piperidine rings is 1. The lowest BCUT2D eigenvalue weighted by Gasteiger charge is -2.34. The van der Waals surface area contributed by atoms with E-state index in [1.54, 1.807) is 12.1 Å². The van der Waals surface area contributed by atoms with Crippen LogP contribution in [0.2, 0.25) is 0 Å². The van der Waals surface area contributed by atoms with Crippen LogP contribution in [-0.4, -0.2) is 62.6 Å². The molecule has 0 aromatic heterocycles. The summed E-state index contributed by atoms with van der Waals surface area (Å²) in [6.45, 7) is 9.92. The number of aliphatic hydroxyl groups excluding tert-OH is 1. The average molecular weight is 522 g/mol. The topological polar surface area (TPSA) is 69.1 Å². The summed E-state index contributed by atoms with van der Waals surface area (Å²) in [6.07, 6.45) is 1.28. The number of halogens is 2. The number of rotatable bonds is 9.